The van der Waals surface area contributed by atoms with Crippen molar-refractivity contribution in [3.8, 4) is 5.69 Å². The maximum Gasteiger partial charge on any atom is 0.214 e. The van der Waals surface area contributed by atoms with Gasteiger partial charge in [0.05, 0.1) is 11.4 Å². The number of rotatable bonds is 4. The van der Waals surface area contributed by atoms with Gasteiger partial charge >= 0.3 is 0 Å². The van der Waals surface area contributed by atoms with E-state index in [0.29, 0.717) is 5.75 Å². The van der Waals surface area contributed by atoms with Gasteiger partial charge in [0.15, 0.2) is 0 Å². The molecule has 0 saturated carbocycles. The van der Waals surface area contributed by atoms with Gasteiger partial charge in [-0.15, -0.1) is 5.10 Å². The summed E-state index contributed by atoms with van der Waals surface area (Å²) in [6.45, 7) is 0. The third-order valence-electron chi connectivity index (χ3n) is 3.26. The molecule has 0 aliphatic rings. The van der Waals surface area contributed by atoms with Crippen LogP contribution in [-0.4, -0.2) is 20.2 Å². The lowest BCUT2D eigenvalue weighted by Crippen LogP contribution is -1.98. The lowest BCUT2D eigenvalue weighted by molar-refractivity contribution is 0.573. The fourth-order valence-corrected chi connectivity index (χ4v) is 3.02. The van der Waals surface area contributed by atoms with Crippen LogP contribution in [0.5, 0.6) is 0 Å². The van der Waals surface area contributed by atoms with Crippen molar-refractivity contribution in [2.24, 2.45) is 0 Å². The Morgan fingerprint density at radius 3 is 2.68 bits per heavy atom. The zero-order valence-corrected chi connectivity index (χ0v) is 12.4. The Bertz CT molecular complexity index is 868. The average molecular weight is 308 g/mol. The number of hydrogen-bond donors (Lipinski definition) is 0. The summed E-state index contributed by atoms with van der Waals surface area (Å²) < 4.78 is 7.54. The number of furan rings is 1. The molecule has 0 radical (unpaired) electrons. The van der Waals surface area contributed by atoms with Gasteiger partial charge in [-0.3, -0.25) is 0 Å². The third kappa shape index (κ3) is 2.48. The summed E-state index contributed by atoms with van der Waals surface area (Å²) in [5.74, 6) is 1.59. The van der Waals surface area contributed by atoms with E-state index < -0.39 is 0 Å². The van der Waals surface area contributed by atoms with E-state index in [1.165, 1.54) is 0 Å². The molecule has 0 atom stereocenters. The summed E-state index contributed by atoms with van der Waals surface area (Å²) in [5.41, 5.74) is 1.85. The summed E-state index contributed by atoms with van der Waals surface area (Å²) in [4.78, 5) is 0. The van der Waals surface area contributed by atoms with E-state index in [4.69, 9.17) is 4.42 Å². The van der Waals surface area contributed by atoms with Gasteiger partial charge in [0.1, 0.15) is 11.3 Å². The van der Waals surface area contributed by atoms with Crippen molar-refractivity contribution in [3.05, 3.63) is 66.4 Å². The van der Waals surface area contributed by atoms with Crippen molar-refractivity contribution in [1.29, 1.82) is 0 Å². The largest absolute Gasteiger partial charge is 0.460 e. The third-order valence-corrected chi connectivity index (χ3v) is 4.20. The molecule has 5 nitrogen and oxygen atoms in total. The minimum Gasteiger partial charge on any atom is -0.460 e. The molecule has 6 heteroatoms. The van der Waals surface area contributed by atoms with Gasteiger partial charge in [-0.2, -0.15) is 4.68 Å². The molecule has 4 aromatic rings. The summed E-state index contributed by atoms with van der Waals surface area (Å²) in [6, 6.07) is 19.9. The summed E-state index contributed by atoms with van der Waals surface area (Å²) in [5, 5.41) is 13.7. The van der Waals surface area contributed by atoms with Crippen LogP contribution in [0.15, 0.2) is 70.2 Å². The number of hydrogen-bond acceptors (Lipinski definition) is 5. The monoisotopic (exact) mass is 308 g/mol. The molecule has 4 rings (SSSR count). The van der Waals surface area contributed by atoms with Gasteiger partial charge in [0.2, 0.25) is 5.16 Å². The van der Waals surface area contributed by atoms with E-state index in [1.807, 2.05) is 54.6 Å². The molecule has 2 aromatic carbocycles. The van der Waals surface area contributed by atoms with Crippen molar-refractivity contribution < 1.29 is 4.42 Å². The quantitative estimate of drug-likeness (QED) is 0.538. The van der Waals surface area contributed by atoms with Crippen molar-refractivity contribution in [1.82, 2.24) is 20.2 Å². The highest BCUT2D eigenvalue weighted by molar-refractivity contribution is 7.98. The molecule has 0 amide bonds. The topological polar surface area (TPSA) is 56.7 Å². The van der Waals surface area contributed by atoms with E-state index in [-0.39, 0.29) is 0 Å². The Labute approximate surface area is 130 Å². The molecule has 2 heterocycles. The smallest absolute Gasteiger partial charge is 0.214 e. The molecule has 108 valence electrons. The van der Waals surface area contributed by atoms with Crippen LogP contribution >= 0.6 is 11.8 Å². The number of para-hydroxylation sites is 2. The number of fused-ring (bicyclic) bond motifs is 1. The first kappa shape index (κ1) is 13.1. The van der Waals surface area contributed by atoms with E-state index in [1.54, 1.807) is 16.4 Å². The minimum absolute atomic E-state index is 0.682. The summed E-state index contributed by atoms with van der Waals surface area (Å²) >= 11 is 1.55. The maximum atomic E-state index is 5.81. The maximum absolute atomic E-state index is 5.81. The summed E-state index contributed by atoms with van der Waals surface area (Å²) in [7, 11) is 0. The lowest BCUT2D eigenvalue weighted by atomic mass is 10.2. The first-order chi connectivity index (χ1) is 10.9. The normalized spacial score (nSPS) is 11.1. The second kappa shape index (κ2) is 5.65. The van der Waals surface area contributed by atoms with Crippen molar-refractivity contribution in [3.63, 3.8) is 0 Å². The van der Waals surface area contributed by atoms with Crippen LogP contribution in [0.4, 0.5) is 0 Å². The van der Waals surface area contributed by atoms with Crippen LogP contribution in [0.1, 0.15) is 5.76 Å². The molecule has 0 aliphatic carbocycles. The highest BCUT2D eigenvalue weighted by atomic mass is 32.2. The Balaban J connectivity index is 1.56. The lowest BCUT2D eigenvalue weighted by Gasteiger charge is -2.02. The van der Waals surface area contributed by atoms with Crippen LogP contribution in [0, 0.1) is 0 Å². The fraction of sp³-hybridized carbons (Fsp3) is 0.0625. The molecule has 0 saturated heterocycles. The predicted octanol–water partition coefficient (Wildman–Crippen LogP) is 3.70. The van der Waals surface area contributed by atoms with E-state index in [9.17, 15) is 0 Å². The minimum atomic E-state index is 0.682. The first-order valence-corrected chi connectivity index (χ1v) is 7.83. The van der Waals surface area contributed by atoms with Gasteiger partial charge in [0.25, 0.3) is 0 Å². The van der Waals surface area contributed by atoms with Crippen molar-refractivity contribution in [2.45, 2.75) is 10.9 Å². The number of aromatic nitrogens is 4. The van der Waals surface area contributed by atoms with Crippen molar-refractivity contribution in [2.75, 3.05) is 0 Å². The molecular weight excluding hydrogens is 296 g/mol. The Morgan fingerprint density at radius 2 is 1.82 bits per heavy atom. The molecule has 0 aliphatic heterocycles. The van der Waals surface area contributed by atoms with Crippen LogP contribution in [0.2, 0.25) is 0 Å². The van der Waals surface area contributed by atoms with Gasteiger partial charge in [-0.1, -0.05) is 48.2 Å². The molecule has 22 heavy (non-hydrogen) atoms. The zero-order chi connectivity index (χ0) is 14.8. The predicted molar refractivity (Wildman–Crippen MR) is 84.9 cm³/mol. The number of tetrazole rings is 1. The second-order valence-electron chi connectivity index (χ2n) is 4.75. The van der Waals surface area contributed by atoms with Crippen molar-refractivity contribution >= 4 is 22.7 Å². The van der Waals surface area contributed by atoms with Crippen LogP contribution in [-0.2, 0) is 5.75 Å². The van der Waals surface area contributed by atoms with Gasteiger partial charge in [-0.25, -0.2) is 0 Å². The average Bonchev–Trinajstić information content (AvgIpc) is 3.20. The van der Waals surface area contributed by atoms with Gasteiger partial charge in [-0.05, 0) is 34.7 Å². The molecule has 0 unspecified atom stereocenters. The van der Waals surface area contributed by atoms with Crippen LogP contribution in [0.3, 0.4) is 0 Å². The van der Waals surface area contributed by atoms with E-state index in [0.717, 1.165) is 27.6 Å². The second-order valence-corrected chi connectivity index (χ2v) is 5.69. The molecule has 0 bridgehead atoms. The van der Waals surface area contributed by atoms with Crippen LogP contribution in [0.25, 0.3) is 16.7 Å². The highest BCUT2D eigenvalue weighted by Crippen LogP contribution is 2.26. The van der Waals surface area contributed by atoms with Gasteiger partial charge < -0.3 is 4.42 Å². The zero-order valence-electron chi connectivity index (χ0n) is 11.6. The molecular formula is C16H12N4OS. The Morgan fingerprint density at radius 1 is 1.00 bits per heavy atom. The van der Waals surface area contributed by atoms with Crippen LogP contribution < -0.4 is 0 Å². The van der Waals surface area contributed by atoms with Gasteiger partial charge in [0, 0.05) is 5.39 Å². The molecule has 0 fully saturated rings. The Kier molecular flexibility index (Phi) is 3.36. The summed E-state index contributed by atoms with van der Waals surface area (Å²) in [6.07, 6.45) is 0. The SMILES string of the molecule is c1ccc(-n2nnnc2SCc2cc3ccccc3o2)cc1. The number of benzene rings is 2. The van der Waals surface area contributed by atoms with E-state index >= 15 is 0 Å². The number of nitrogens with zero attached hydrogens (tertiary/aromatic N) is 4. The first-order valence-electron chi connectivity index (χ1n) is 6.84. The molecule has 2 aromatic heterocycles. The Hall–Kier alpha value is -2.60. The highest BCUT2D eigenvalue weighted by Gasteiger charge is 2.10. The fourth-order valence-electron chi connectivity index (χ4n) is 2.24. The molecule has 0 N–H and O–H groups in total. The van der Waals surface area contributed by atoms with E-state index in [2.05, 4.69) is 21.6 Å². The number of thioether (sulfide) groups is 1. The molecule has 0 spiro atoms. The standard InChI is InChI=1S/C16H12N4OS/c1-2-7-13(8-3-1)20-16(17-18-19-20)22-11-14-10-12-6-4-5-9-15(12)21-14/h1-10H,11H2.